The highest BCUT2D eigenvalue weighted by Crippen LogP contribution is 2.37. The van der Waals surface area contributed by atoms with E-state index in [9.17, 15) is 13.6 Å². The van der Waals surface area contributed by atoms with Crippen molar-refractivity contribution in [2.45, 2.75) is 84.2 Å². The molecule has 2 N–H and O–H groups in total. The van der Waals surface area contributed by atoms with Crippen LogP contribution in [0.25, 0.3) is 0 Å². The molecule has 10 heteroatoms. The topological polar surface area (TPSA) is 79.4 Å². The Bertz CT molecular complexity index is 1070. The molecule has 0 spiro atoms. The van der Waals surface area contributed by atoms with Crippen LogP contribution < -0.4 is 10.6 Å². The third-order valence-electron chi connectivity index (χ3n) is 6.97. The summed E-state index contributed by atoms with van der Waals surface area (Å²) in [5.74, 6) is -1.32. The Hall–Kier alpha value is -2.59. The average Bonchev–Trinajstić information content (AvgIpc) is 2.78. The molecule has 1 unspecified atom stereocenters. The van der Waals surface area contributed by atoms with E-state index < -0.39 is 26.0 Å². The smallest absolute Gasteiger partial charge is 0.318 e. The molecule has 1 atom stereocenters. The van der Waals surface area contributed by atoms with Gasteiger partial charge in [-0.25, -0.2) is 23.5 Å². The van der Waals surface area contributed by atoms with Crippen molar-refractivity contribution in [1.82, 2.24) is 20.2 Å². The monoisotopic (exact) mass is 519 g/mol. The molecule has 0 bridgehead atoms. The summed E-state index contributed by atoms with van der Waals surface area (Å²) < 4.78 is 34.0. The summed E-state index contributed by atoms with van der Waals surface area (Å²) in [6.07, 6.45) is 2.90. The van der Waals surface area contributed by atoms with Crippen molar-refractivity contribution in [3.05, 3.63) is 52.9 Å². The van der Waals surface area contributed by atoms with E-state index in [0.717, 1.165) is 23.4 Å². The lowest BCUT2D eigenvalue weighted by atomic mass is 10.0. The largest absolute Gasteiger partial charge is 0.417 e. The van der Waals surface area contributed by atoms with Gasteiger partial charge in [-0.1, -0.05) is 26.8 Å². The number of nitrogens with zero attached hydrogens (tertiary/aromatic N) is 3. The molecule has 3 rings (SSSR count). The van der Waals surface area contributed by atoms with Crippen LogP contribution in [0.1, 0.15) is 63.9 Å². The number of nitrogens with one attached hydrogen (secondary N) is 2. The quantitative estimate of drug-likeness (QED) is 0.431. The Morgan fingerprint density at radius 1 is 1.22 bits per heavy atom. The minimum Gasteiger partial charge on any atom is -0.417 e. The molecule has 1 aliphatic rings. The van der Waals surface area contributed by atoms with Crippen LogP contribution in [0.2, 0.25) is 18.1 Å². The fourth-order valence-corrected chi connectivity index (χ4v) is 4.81. The van der Waals surface area contributed by atoms with Gasteiger partial charge in [0.1, 0.15) is 0 Å². The molecule has 0 saturated carbocycles. The van der Waals surface area contributed by atoms with Gasteiger partial charge < -0.3 is 20.0 Å². The van der Waals surface area contributed by atoms with Crippen molar-refractivity contribution in [1.29, 1.82) is 0 Å². The molecule has 0 aliphatic carbocycles. The van der Waals surface area contributed by atoms with Crippen molar-refractivity contribution in [3.63, 3.8) is 0 Å². The predicted octanol–water partition coefficient (Wildman–Crippen LogP) is 5.80. The lowest BCUT2D eigenvalue weighted by Gasteiger charge is -2.36. The number of carbonyl (C=O) groups is 1. The number of amides is 2. The van der Waals surface area contributed by atoms with Crippen molar-refractivity contribution in [2.75, 3.05) is 18.5 Å². The van der Waals surface area contributed by atoms with Gasteiger partial charge in [-0.2, -0.15) is 0 Å². The summed E-state index contributed by atoms with van der Waals surface area (Å²) in [6, 6.07) is 3.14. The van der Waals surface area contributed by atoms with Gasteiger partial charge in [0.2, 0.25) is 5.95 Å². The van der Waals surface area contributed by atoms with E-state index in [0.29, 0.717) is 44.0 Å². The van der Waals surface area contributed by atoms with Crippen LogP contribution in [0, 0.1) is 11.6 Å². The first-order valence-corrected chi connectivity index (χ1v) is 15.4. The maximum absolute atomic E-state index is 14.1. The Morgan fingerprint density at radius 2 is 1.94 bits per heavy atom. The number of anilines is 1. The van der Waals surface area contributed by atoms with Crippen LogP contribution in [0.15, 0.2) is 24.4 Å². The fourth-order valence-electron chi connectivity index (χ4n) is 3.74. The predicted molar refractivity (Wildman–Crippen MR) is 140 cm³/mol. The highest BCUT2D eigenvalue weighted by Gasteiger charge is 2.37. The summed E-state index contributed by atoms with van der Waals surface area (Å²) in [6.45, 7) is 16.1. The first-order chi connectivity index (χ1) is 16.8. The summed E-state index contributed by atoms with van der Waals surface area (Å²) in [7, 11) is -2.00. The van der Waals surface area contributed by atoms with Gasteiger partial charge in [-0.15, -0.1) is 0 Å². The zero-order chi connectivity index (χ0) is 26.7. The molecule has 1 aliphatic heterocycles. The van der Waals surface area contributed by atoms with Crippen LogP contribution in [0.3, 0.4) is 0 Å². The summed E-state index contributed by atoms with van der Waals surface area (Å²) in [5.41, 5.74) is 2.33. The van der Waals surface area contributed by atoms with Gasteiger partial charge in [0.25, 0.3) is 0 Å². The average molecular weight is 520 g/mol. The lowest BCUT2D eigenvalue weighted by molar-refractivity contribution is 0.183. The third-order valence-corrected chi connectivity index (χ3v) is 11.5. The minimum atomic E-state index is -2.00. The lowest BCUT2D eigenvalue weighted by Crippen LogP contribution is -2.45. The van der Waals surface area contributed by atoms with E-state index in [1.165, 1.54) is 6.07 Å². The van der Waals surface area contributed by atoms with Crippen LogP contribution in [-0.2, 0) is 17.4 Å². The molecule has 2 amide bonds. The van der Waals surface area contributed by atoms with E-state index in [1.807, 2.05) is 20.0 Å². The number of carbonyl (C=O) groups excluding carboxylic acids is 1. The van der Waals surface area contributed by atoms with E-state index >= 15 is 0 Å². The standard InChI is InChI=1S/C26H39F2N5O2Si/c1-17(2)30-24-29-15-19-10-12-33(16-23(19)31-24)25(34)32-22(18-8-9-20(27)21(28)14-18)11-13-35-36(6,7)26(3,4)5/h8-9,14-15,17,22H,10-13,16H2,1-7H3,(H,32,34)(H,29,30,31). The third kappa shape index (κ3) is 7.00. The zero-order valence-corrected chi connectivity index (χ0v) is 23.4. The van der Waals surface area contributed by atoms with Crippen molar-refractivity contribution in [3.8, 4) is 0 Å². The number of hydrogen-bond donors (Lipinski definition) is 2. The Kier molecular flexibility index (Phi) is 8.71. The first-order valence-electron chi connectivity index (χ1n) is 12.5. The number of urea groups is 1. The zero-order valence-electron chi connectivity index (χ0n) is 22.4. The van der Waals surface area contributed by atoms with Gasteiger partial charge in [0.05, 0.1) is 18.3 Å². The maximum atomic E-state index is 14.1. The maximum Gasteiger partial charge on any atom is 0.318 e. The Balaban J connectivity index is 1.73. The molecular formula is C26H39F2N5O2Si. The van der Waals surface area contributed by atoms with Gasteiger partial charge in [0, 0.05) is 25.4 Å². The van der Waals surface area contributed by atoms with Gasteiger partial charge in [0.15, 0.2) is 20.0 Å². The highest BCUT2D eigenvalue weighted by atomic mass is 28.4. The van der Waals surface area contributed by atoms with E-state index in [-0.39, 0.29) is 17.1 Å². The summed E-state index contributed by atoms with van der Waals surface area (Å²) in [4.78, 5) is 23.9. The van der Waals surface area contributed by atoms with Crippen molar-refractivity contribution in [2.24, 2.45) is 0 Å². The first kappa shape index (κ1) is 28.0. The molecule has 7 nitrogen and oxygen atoms in total. The van der Waals surface area contributed by atoms with Gasteiger partial charge in [-0.3, -0.25) is 0 Å². The fraction of sp³-hybridized carbons (Fsp3) is 0.577. The normalized spacial score (nSPS) is 15.0. The van der Waals surface area contributed by atoms with Crippen LogP contribution in [0.5, 0.6) is 0 Å². The second-order valence-electron chi connectivity index (χ2n) is 11.2. The SMILES string of the molecule is CC(C)Nc1ncc2c(n1)CN(C(=O)NC(CCO[Si](C)(C)C(C)(C)C)c1ccc(F)c(F)c1)CC2. The second kappa shape index (κ2) is 11.2. The number of fused-ring (bicyclic) bond motifs is 1. The molecule has 0 fully saturated rings. The molecule has 1 aromatic heterocycles. The molecule has 198 valence electrons. The molecule has 1 aromatic carbocycles. The van der Waals surface area contributed by atoms with E-state index in [4.69, 9.17) is 4.43 Å². The number of hydrogen-bond acceptors (Lipinski definition) is 5. The molecule has 0 radical (unpaired) electrons. The molecule has 36 heavy (non-hydrogen) atoms. The molecule has 0 saturated heterocycles. The highest BCUT2D eigenvalue weighted by molar-refractivity contribution is 6.74. The molecular weight excluding hydrogens is 480 g/mol. The minimum absolute atomic E-state index is 0.0417. The summed E-state index contributed by atoms with van der Waals surface area (Å²) in [5, 5.41) is 6.26. The van der Waals surface area contributed by atoms with Gasteiger partial charge >= 0.3 is 6.03 Å². The van der Waals surface area contributed by atoms with E-state index in [1.54, 1.807) is 4.90 Å². The van der Waals surface area contributed by atoms with E-state index in [2.05, 4.69) is 54.5 Å². The Morgan fingerprint density at radius 3 is 2.58 bits per heavy atom. The number of aromatic nitrogens is 2. The van der Waals surface area contributed by atoms with Crippen LogP contribution in [-0.4, -0.2) is 48.4 Å². The second-order valence-corrected chi connectivity index (χ2v) is 16.0. The van der Waals surface area contributed by atoms with Crippen LogP contribution >= 0.6 is 0 Å². The summed E-state index contributed by atoms with van der Waals surface area (Å²) >= 11 is 0. The van der Waals surface area contributed by atoms with Crippen molar-refractivity contribution >= 4 is 20.3 Å². The van der Waals surface area contributed by atoms with Crippen LogP contribution in [0.4, 0.5) is 19.5 Å². The Labute approximate surface area is 214 Å². The van der Waals surface area contributed by atoms with Crippen molar-refractivity contribution < 1.29 is 18.0 Å². The number of benzene rings is 1. The number of rotatable bonds is 8. The molecule has 2 heterocycles. The van der Waals surface area contributed by atoms with Gasteiger partial charge in [-0.05, 0) is 68.1 Å². The molecule has 2 aromatic rings. The number of halogens is 2.